The highest BCUT2D eigenvalue weighted by molar-refractivity contribution is 9.10. The van der Waals surface area contributed by atoms with Crippen LogP contribution in [0, 0.1) is 5.82 Å². The van der Waals surface area contributed by atoms with Crippen LogP contribution in [0.25, 0.3) is 0 Å². The normalized spacial score (nSPS) is 12.5. The second kappa shape index (κ2) is 5.57. The van der Waals surface area contributed by atoms with Gasteiger partial charge in [0.1, 0.15) is 17.7 Å². The molecule has 0 aliphatic rings. The first-order valence-corrected chi connectivity index (χ1v) is 7.03. The van der Waals surface area contributed by atoms with Gasteiger partial charge >= 0.3 is 0 Å². The number of methoxy groups -OCH3 is 1. The first-order chi connectivity index (χ1) is 8.54. The number of rotatable bonds is 3. The van der Waals surface area contributed by atoms with E-state index in [2.05, 4.69) is 15.9 Å². The van der Waals surface area contributed by atoms with E-state index in [1.165, 1.54) is 30.6 Å². The number of aliphatic hydroxyl groups is 1. The number of hydrogen-bond donors (Lipinski definition) is 1. The van der Waals surface area contributed by atoms with E-state index < -0.39 is 11.9 Å². The predicted octanol–water partition coefficient (Wildman–Crippen LogP) is 4.39. The van der Waals surface area contributed by atoms with Gasteiger partial charge in [-0.05, 0) is 33.4 Å². The highest BCUT2D eigenvalue weighted by atomic mass is 79.9. The molecule has 6 heteroatoms. The second-order valence-electron chi connectivity index (χ2n) is 3.54. The monoisotopic (exact) mass is 350 g/mol. The molecule has 0 saturated carbocycles. The van der Waals surface area contributed by atoms with Gasteiger partial charge in [0.2, 0.25) is 0 Å². The minimum Gasteiger partial charge on any atom is -0.496 e. The molecule has 2 nitrogen and oxygen atoms in total. The number of halogens is 3. The molecule has 1 N–H and O–H groups in total. The molecular weight excluding hydrogens is 343 g/mol. The Hall–Kier alpha value is -0.620. The zero-order chi connectivity index (χ0) is 13.3. The number of benzene rings is 1. The molecule has 1 unspecified atom stereocenters. The Labute approximate surface area is 121 Å². The quantitative estimate of drug-likeness (QED) is 0.888. The molecule has 18 heavy (non-hydrogen) atoms. The van der Waals surface area contributed by atoms with Gasteiger partial charge in [-0.1, -0.05) is 11.6 Å². The molecule has 2 rings (SSSR count). The first kappa shape index (κ1) is 13.8. The molecule has 0 aliphatic heterocycles. The van der Waals surface area contributed by atoms with Crippen molar-refractivity contribution in [1.82, 2.24) is 0 Å². The van der Waals surface area contributed by atoms with Gasteiger partial charge in [-0.2, -0.15) is 0 Å². The summed E-state index contributed by atoms with van der Waals surface area (Å²) in [5, 5.41) is 12.6. The highest BCUT2D eigenvalue weighted by Crippen LogP contribution is 2.38. The molecule has 0 amide bonds. The van der Waals surface area contributed by atoms with E-state index in [-0.39, 0.29) is 10.2 Å². The fourth-order valence-corrected chi connectivity index (χ4v) is 3.10. The summed E-state index contributed by atoms with van der Waals surface area (Å²) >= 11 is 10.4. The Morgan fingerprint density at radius 2 is 2.22 bits per heavy atom. The second-order valence-corrected chi connectivity index (χ2v) is 5.75. The Morgan fingerprint density at radius 1 is 1.50 bits per heavy atom. The Kier molecular flexibility index (Phi) is 4.27. The van der Waals surface area contributed by atoms with E-state index in [0.717, 1.165) is 0 Å². The Balaban J connectivity index is 2.50. The van der Waals surface area contributed by atoms with Crippen molar-refractivity contribution in [3.63, 3.8) is 0 Å². The van der Waals surface area contributed by atoms with Crippen LogP contribution in [-0.4, -0.2) is 12.2 Å². The van der Waals surface area contributed by atoms with E-state index in [1.54, 1.807) is 11.4 Å². The zero-order valence-corrected chi connectivity index (χ0v) is 12.4. The first-order valence-electron chi connectivity index (χ1n) is 4.98. The third-order valence-corrected chi connectivity index (χ3v) is 4.48. The molecule has 1 atom stereocenters. The summed E-state index contributed by atoms with van der Waals surface area (Å²) in [7, 11) is 1.43. The van der Waals surface area contributed by atoms with Gasteiger partial charge in [-0.3, -0.25) is 0 Å². The summed E-state index contributed by atoms with van der Waals surface area (Å²) in [6.07, 6.45) is -0.940. The number of ether oxygens (including phenoxy) is 1. The van der Waals surface area contributed by atoms with Crippen molar-refractivity contribution < 1.29 is 14.2 Å². The lowest BCUT2D eigenvalue weighted by molar-refractivity contribution is 0.218. The molecule has 0 saturated heterocycles. The summed E-state index contributed by atoms with van der Waals surface area (Å²) in [6.45, 7) is 0. The van der Waals surface area contributed by atoms with Crippen LogP contribution < -0.4 is 4.74 Å². The van der Waals surface area contributed by atoms with Gasteiger partial charge in [0.05, 0.1) is 21.5 Å². The van der Waals surface area contributed by atoms with E-state index in [0.29, 0.717) is 15.5 Å². The fourth-order valence-electron chi connectivity index (χ4n) is 1.58. The van der Waals surface area contributed by atoms with Crippen LogP contribution in [0.4, 0.5) is 4.39 Å². The van der Waals surface area contributed by atoms with E-state index in [1.807, 2.05) is 0 Å². The third kappa shape index (κ3) is 2.54. The Bertz CT molecular complexity index is 573. The van der Waals surface area contributed by atoms with Crippen LogP contribution in [0.15, 0.2) is 28.1 Å². The van der Waals surface area contributed by atoms with E-state index >= 15 is 0 Å². The standard InChI is InChI=1S/C12H9BrClFO2S/c1-17-10-5-9(15)7(13)4-6(10)11(16)12-8(14)2-3-18-12/h2-5,11,16H,1H3. The number of aliphatic hydroxyl groups excluding tert-OH is 1. The SMILES string of the molecule is COc1cc(F)c(Br)cc1C(O)c1sccc1Cl. The third-order valence-electron chi connectivity index (χ3n) is 2.46. The molecule has 0 aliphatic carbocycles. The lowest BCUT2D eigenvalue weighted by Crippen LogP contribution is -2.02. The lowest BCUT2D eigenvalue weighted by Gasteiger charge is -2.15. The summed E-state index contributed by atoms with van der Waals surface area (Å²) in [6, 6.07) is 4.43. The number of hydrogen-bond acceptors (Lipinski definition) is 3. The summed E-state index contributed by atoms with van der Waals surface area (Å²) in [4.78, 5) is 0.605. The summed E-state index contributed by atoms with van der Waals surface area (Å²) < 4.78 is 18.7. The molecule has 0 spiro atoms. The fraction of sp³-hybridized carbons (Fsp3) is 0.167. The van der Waals surface area contributed by atoms with Gasteiger partial charge in [0.15, 0.2) is 0 Å². The van der Waals surface area contributed by atoms with E-state index in [4.69, 9.17) is 16.3 Å². The summed E-state index contributed by atoms with van der Waals surface area (Å²) in [5.74, 6) is -0.159. The summed E-state index contributed by atoms with van der Waals surface area (Å²) in [5.41, 5.74) is 0.468. The average Bonchev–Trinajstić information content (AvgIpc) is 2.77. The molecule has 2 aromatic rings. The van der Waals surface area contributed by atoms with Crippen molar-refractivity contribution in [3.8, 4) is 5.75 Å². The molecule has 0 fully saturated rings. The zero-order valence-electron chi connectivity index (χ0n) is 9.28. The van der Waals surface area contributed by atoms with Crippen molar-refractivity contribution in [1.29, 1.82) is 0 Å². The number of thiophene rings is 1. The van der Waals surface area contributed by atoms with Crippen molar-refractivity contribution in [2.24, 2.45) is 0 Å². The van der Waals surface area contributed by atoms with Crippen LogP contribution in [0.1, 0.15) is 16.5 Å². The van der Waals surface area contributed by atoms with Crippen LogP contribution in [0.3, 0.4) is 0 Å². The van der Waals surface area contributed by atoms with Crippen molar-refractivity contribution >= 4 is 38.9 Å². The minimum atomic E-state index is -0.940. The Morgan fingerprint density at radius 3 is 2.78 bits per heavy atom. The van der Waals surface area contributed by atoms with Crippen molar-refractivity contribution in [3.05, 3.63) is 49.3 Å². The van der Waals surface area contributed by atoms with Gasteiger partial charge in [0, 0.05) is 11.6 Å². The predicted molar refractivity (Wildman–Crippen MR) is 74.0 cm³/mol. The molecule has 1 aromatic heterocycles. The van der Waals surface area contributed by atoms with Crippen molar-refractivity contribution in [2.45, 2.75) is 6.10 Å². The average molecular weight is 352 g/mol. The van der Waals surface area contributed by atoms with Crippen LogP contribution in [-0.2, 0) is 0 Å². The molecule has 1 aromatic carbocycles. The maximum absolute atomic E-state index is 13.4. The highest BCUT2D eigenvalue weighted by Gasteiger charge is 2.21. The maximum atomic E-state index is 13.4. The lowest BCUT2D eigenvalue weighted by atomic mass is 10.1. The van der Waals surface area contributed by atoms with Crippen molar-refractivity contribution in [2.75, 3.05) is 7.11 Å². The van der Waals surface area contributed by atoms with Gasteiger partial charge in [0.25, 0.3) is 0 Å². The van der Waals surface area contributed by atoms with Gasteiger partial charge in [-0.15, -0.1) is 11.3 Å². The van der Waals surface area contributed by atoms with Crippen LogP contribution in [0.2, 0.25) is 5.02 Å². The molecular formula is C12H9BrClFO2S. The van der Waals surface area contributed by atoms with Crippen LogP contribution in [0.5, 0.6) is 5.75 Å². The smallest absolute Gasteiger partial charge is 0.141 e. The minimum absolute atomic E-state index is 0.269. The molecule has 1 heterocycles. The maximum Gasteiger partial charge on any atom is 0.141 e. The van der Waals surface area contributed by atoms with E-state index in [9.17, 15) is 9.50 Å². The molecule has 0 radical (unpaired) electrons. The molecule has 0 bridgehead atoms. The van der Waals surface area contributed by atoms with Gasteiger partial charge < -0.3 is 9.84 Å². The topological polar surface area (TPSA) is 29.5 Å². The largest absolute Gasteiger partial charge is 0.496 e. The van der Waals surface area contributed by atoms with Gasteiger partial charge in [-0.25, -0.2) is 4.39 Å². The molecule has 96 valence electrons. The van der Waals surface area contributed by atoms with Crippen LogP contribution >= 0.6 is 38.9 Å².